The first-order chi connectivity index (χ1) is 6.77. The summed E-state index contributed by atoms with van der Waals surface area (Å²) < 4.78 is 1.09. The molecule has 1 fully saturated rings. The molecule has 0 radical (unpaired) electrons. The second-order valence-electron chi connectivity index (χ2n) is 3.90. The molecule has 0 bridgehead atoms. The quantitative estimate of drug-likeness (QED) is 0.749. The lowest BCUT2D eigenvalue weighted by Gasteiger charge is -2.01. The predicted octanol–water partition coefficient (Wildman–Crippen LogP) is 3.39. The van der Waals surface area contributed by atoms with Crippen LogP contribution in [0.25, 0.3) is 10.9 Å². The molecule has 0 amide bonds. The van der Waals surface area contributed by atoms with Gasteiger partial charge in [-0.2, -0.15) is 0 Å². The van der Waals surface area contributed by atoms with Gasteiger partial charge in [0.25, 0.3) is 0 Å². The largest absolute Gasteiger partial charge is 0.398 e. The van der Waals surface area contributed by atoms with E-state index >= 15 is 0 Å². The summed E-state index contributed by atoms with van der Waals surface area (Å²) in [4.78, 5) is 3.29. The minimum atomic E-state index is 0.736. The summed E-state index contributed by atoms with van der Waals surface area (Å²) in [6.45, 7) is 0. The molecular formula is C11H11BrN2. The first-order valence-corrected chi connectivity index (χ1v) is 5.61. The Bertz CT molecular complexity index is 497. The summed E-state index contributed by atoms with van der Waals surface area (Å²) in [5.74, 6) is 0.736. The summed E-state index contributed by atoms with van der Waals surface area (Å²) in [5, 5.41) is 1.21. The number of rotatable bonds is 1. The highest BCUT2D eigenvalue weighted by Crippen LogP contribution is 2.45. The normalized spacial score (nSPS) is 16.4. The van der Waals surface area contributed by atoms with Crippen molar-refractivity contribution in [2.24, 2.45) is 0 Å². The van der Waals surface area contributed by atoms with Crippen molar-refractivity contribution in [2.45, 2.75) is 18.8 Å². The monoisotopic (exact) mass is 250 g/mol. The number of hydrogen-bond acceptors (Lipinski definition) is 1. The van der Waals surface area contributed by atoms with Crippen LogP contribution >= 0.6 is 15.9 Å². The lowest BCUT2D eigenvalue weighted by Crippen LogP contribution is -1.87. The van der Waals surface area contributed by atoms with E-state index in [-0.39, 0.29) is 0 Å². The van der Waals surface area contributed by atoms with Gasteiger partial charge in [0.1, 0.15) is 0 Å². The molecule has 14 heavy (non-hydrogen) atoms. The number of nitrogen functional groups attached to an aromatic ring is 1. The zero-order chi connectivity index (χ0) is 9.71. The Labute approximate surface area is 90.6 Å². The molecule has 72 valence electrons. The zero-order valence-corrected chi connectivity index (χ0v) is 9.26. The Hall–Kier alpha value is -0.960. The van der Waals surface area contributed by atoms with Gasteiger partial charge in [0, 0.05) is 21.7 Å². The van der Waals surface area contributed by atoms with Crippen molar-refractivity contribution in [3.8, 4) is 0 Å². The van der Waals surface area contributed by atoms with Crippen molar-refractivity contribution in [3.63, 3.8) is 0 Å². The van der Waals surface area contributed by atoms with Crippen molar-refractivity contribution in [2.75, 3.05) is 5.73 Å². The van der Waals surface area contributed by atoms with Crippen LogP contribution in [0.2, 0.25) is 0 Å². The maximum absolute atomic E-state index is 6.00. The van der Waals surface area contributed by atoms with Gasteiger partial charge in [-0.3, -0.25) is 0 Å². The Morgan fingerprint density at radius 3 is 2.86 bits per heavy atom. The standard InChI is InChI=1S/C11H11BrN2/c12-8-3-4-9(13)10-7(6-1-2-6)5-14-11(8)10/h3-6,14H,1-2,13H2. The second kappa shape index (κ2) is 2.76. The molecule has 3 N–H and O–H groups in total. The third-order valence-corrected chi connectivity index (χ3v) is 3.53. The highest BCUT2D eigenvalue weighted by atomic mass is 79.9. The molecule has 3 rings (SSSR count). The Kier molecular flexibility index (Phi) is 1.65. The van der Waals surface area contributed by atoms with Crippen LogP contribution in [0.15, 0.2) is 22.8 Å². The minimum Gasteiger partial charge on any atom is -0.398 e. The molecule has 1 aliphatic carbocycles. The van der Waals surface area contributed by atoms with E-state index in [0.29, 0.717) is 0 Å². The minimum absolute atomic E-state index is 0.736. The Morgan fingerprint density at radius 1 is 1.36 bits per heavy atom. The maximum atomic E-state index is 6.00. The van der Waals surface area contributed by atoms with Gasteiger partial charge in [0.05, 0.1) is 5.52 Å². The van der Waals surface area contributed by atoms with Crippen molar-refractivity contribution in [3.05, 3.63) is 28.4 Å². The maximum Gasteiger partial charge on any atom is 0.0622 e. The zero-order valence-electron chi connectivity index (χ0n) is 7.68. The van der Waals surface area contributed by atoms with E-state index in [1.54, 1.807) is 0 Å². The van der Waals surface area contributed by atoms with E-state index in [1.807, 2.05) is 12.1 Å². The molecular weight excluding hydrogens is 240 g/mol. The van der Waals surface area contributed by atoms with Crippen LogP contribution in [0.5, 0.6) is 0 Å². The molecule has 2 nitrogen and oxygen atoms in total. The first-order valence-electron chi connectivity index (χ1n) is 4.82. The van der Waals surface area contributed by atoms with Gasteiger partial charge >= 0.3 is 0 Å². The number of hydrogen-bond donors (Lipinski definition) is 2. The molecule has 1 heterocycles. The lowest BCUT2D eigenvalue weighted by atomic mass is 10.1. The van der Waals surface area contributed by atoms with E-state index in [2.05, 4.69) is 27.1 Å². The number of nitrogens with two attached hydrogens (primary N) is 1. The first kappa shape index (κ1) is 8.36. The number of benzene rings is 1. The third-order valence-electron chi connectivity index (χ3n) is 2.86. The molecule has 0 atom stereocenters. The van der Waals surface area contributed by atoms with Gasteiger partial charge in [-0.25, -0.2) is 0 Å². The summed E-state index contributed by atoms with van der Waals surface area (Å²) in [7, 11) is 0. The average molecular weight is 251 g/mol. The molecule has 0 spiro atoms. The molecule has 3 heteroatoms. The van der Waals surface area contributed by atoms with E-state index in [9.17, 15) is 0 Å². The Morgan fingerprint density at radius 2 is 2.14 bits per heavy atom. The Balaban J connectivity index is 2.37. The van der Waals surface area contributed by atoms with Crippen molar-refractivity contribution < 1.29 is 0 Å². The number of fused-ring (bicyclic) bond motifs is 1. The van der Waals surface area contributed by atoms with Gasteiger partial charge in [-0.15, -0.1) is 0 Å². The molecule has 1 saturated carbocycles. The number of H-pyrrole nitrogens is 1. The number of aromatic amines is 1. The fraction of sp³-hybridized carbons (Fsp3) is 0.273. The van der Waals surface area contributed by atoms with Crippen LogP contribution < -0.4 is 5.73 Å². The second-order valence-corrected chi connectivity index (χ2v) is 4.76. The van der Waals surface area contributed by atoms with Crippen LogP contribution in [-0.4, -0.2) is 4.98 Å². The molecule has 0 unspecified atom stereocenters. The van der Waals surface area contributed by atoms with E-state index in [0.717, 1.165) is 21.6 Å². The van der Waals surface area contributed by atoms with E-state index in [4.69, 9.17) is 5.73 Å². The number of nitrogens with one attached hydrogen (secondary N) is 1. The summed E-state index contributed by atoms with van der Waals surface area (Å²) >= 11 is 3.53. The number of aromatic nitrogens is 1. The van der Waals surface area contributed by atoms with E-state index < -0.39 is 0 Å². The highest BCUT2D eigenvalue weighted by molar-refractivity contribution is 9.10. The third kappa shape index (κ3) is 1.08. The van der Waals surface area contributed by atoms with Crippen LogP contribution in [0.3, 0.4) is 0 Å². The molecule has 2 aromatic rings. The predicted molar refractivity (Wildman–Crippen MR) is 62.4 cm³/mol. The molecule has 0 saturated heterocycles. The van der Waals surface area contributed by atoms with Gasteiger partial charge in [0.15, 0.2) is 0 Å². The van der Waals surface area contributed by atoms with Gasteiger partial charge in [-0.05, 0) is 52.4 Å². The number of halogens is 1. The molecule has 0 aliphatic heterocycles. The van der Waals surface area contributed by atoms with Gasteiger partial charge in [0.2, 0.25) is 0 Å². The fourth-order valence-electron chi connectivity index (χ4n) is 1.98. The van der Waals surface area contributed by atoms with Crippen LogP contribution in [0, 0.1) is 0 Å². The average Bonchev–Trinajstić information content (AvgIpc) is 2.91. The van der Waals surface area contributed by atoms with Crippen LogP contribution in [0.1, 0.15) is 24.3 Å². The van der Waals surface area contributed by atoms with Gasteiger partial charge in [-0.1, -0.05) is 0 Å². The number of anilines is 1. The van der Waals surface area contributed by atoms with Crippen molar-refractivity contribution in [1.29, 1.82) is 0 Å². The molecule has 1 aliphatic rings. The topological polar surface area (TPSA) is 41.8 Å². The summed E-state index contributed by atoms with van der Waals surface area (Å²) in [5.41, 5.74) is 9.40. The van der Waals surface area contributed by atoms with Gasteiger partial charge < -0.3 is 10.7 Å². The SMILES string of the molecule is Nc1ccc(Br)c2[nH]cc(C3CC3)c12. The smallest absolute Gasteiger partial charge is 0.0622 e. The van der Waals surface area contributed by atoms with Crippen molar-refractivity contribution >= 4 is 32.5 Å². The van der Waals surface area contributed by atoms with Crippen LogP contribution in [0.4, 0.5) is 5.69 Å². The highest BCUT2D eigenvalue weighted by Gasteiger charge is 2.27. The molecule has 1 aromatic heterocycles. The lowest BCUT2D eigenvalue weighted by molar-refractivity contribution is 1.15. The summed E-state index contributed by atoms with van der Waals surface area (Å²) in [6, 6.07) is 3.96. The van der Waals surface area contributed by atoms with Crippen LogP contribution in [-0.2, 0) is 0 Å². The fourth-order valence-corrected chi connectivity index (χ4v) is 2.43. The van der Waals surface area contributed by atoms with E-state index in [1.165, 1.54) is 23.8 Å². The molecule has 1 aromatic carbocycles. The summed E-state index contributed by atoms with van der Waals surface area (Å²) in [6.07, 6.45) is 4.71. The van der Waals surface area contributed by atoms with Crippen molar-refractivity contribution in [1.82, 2.24) is 4.98 Å².